The Morgan fingerprint density at radius 1 is 1.16 bits per heavy atom. The minimum Gasteiger partial charge on any atom is -0.351 e. The van der Waals surface area contributed by atoms with E-state index in [-0.39, 0.29) is 36.3 Å². The van der Waals surface area contributed by atoms with E-state index in [1.165, 1.54) is 11.3 Å². The second-order valence-corrected chi connectivity index (χ2v) is 9.78. The summed E-state index contributed by atoms with van der Waals surface area (Å²) in [5.74, 6) is -0.359. The molecule has 1 fully saturated rings. The van der Waals surface area contributed by atoms with E-state index in [1.54, 1.807) is 18.3 Å². The highest BCUT2D eigenvalue weighted by molar-refractivity contribution is 7.13. The zero-order chi connectivity index (χ0) is 22.0. The summed E-state index contributed by atoms with van der Waals surface area (Å²) in [4.78, 5) is 36.1. The van der Waals surface area contributed by atoms with Crippen LogP contribution in [0.4, 0.5) is 0 Å². The topological polar surface area (TPSA) is 90.1 Å². The first-order chi connectivity index (χ1) is 14.9. The summed E-state index contributed by atoms with van der Waals surface area (Å²) in [5.41, 5.74) is 1.35. The Bertz CT molecular complexity index is 1100. The molecule has 3 N–H and O–H groups in total. The standard InChI is InChI=1S/C22H26ClN5O2S.ClH/c1-28(2)12-15-11-24-22(31-15)21(30)27-18-6-4-3-5-17(18)26-20(29)19-10-13-9-14(23)7-8-16(13)25-19;/h7-11,17-18,25H,3-6,12H2,1-2H3,(H,26,29)(H,27,30);1H/t17-,18+;/m1./s1. The van der Waals surface area contributed by atoms with Crippen molar-refractivity contribution < 1.29 is 9.59 Å². The number of nitrogens with one attached hydrogen (secondary N) is 3. The van der Waals surface area contributed by atoms with Crippen LogP contribution in [0.2, 0.25) is 5.02 Å². The number of carbonyl (C=O) groups is 2. The number of nitrogens with zero attached hydrogens (tertiary/aromatic N) is 2. The number of halogens is 2. The summed E-state index contributed by atoms with van der Waals surface area (Å²) in [6, 6.07) is 7.03. The van der Waals surface area contributed by atoms with E-state index in [0.717, 1.165) is 48.0 Å². The number of hydrogen-bond donors (Lipinski definition) is 3. The molecular weight excluding hydrogens is 469 g/mol. The molecule has 0 spiro atoms. The molecule has 10 heteroatoms. The quantitative estimate of drug-likeness (QED) is 0.477. The van der Waals surface area contributed by atoms with Gasteiger partial charge in [-0.25, -0.2) is 4.98 Å². The van der Waals surface area contributed by atoms with Gasteiger partial charge in [0.1, 0.15) is 5.69 Å². The molecule has 0 radical (unpaired) electrons. The van der Waals surface area contributed by atoms with Gasteiger partial charge in [0.25, 0.3) is 11.8 Å². The van der Waals surface area contributed by atoms with Gasteiger partial charge in [-0.2, -0.15) is 0 Å². The second-order valence-electron chi connectivity index (χ2n) is 8.23. The molecule has 2 aromatic heterocycles. The first-order valence-corrected chi connectivity index (χ1v) is 11.6. The molecule has 2 amide bonds. The Hall–Kier alpha value is -2.13. The predicted octanol–water partition coefficient (Wildman–Crippen LogP) is 4.23. The van der Waals surface area contributed by atoms with Gasteiger partial charge < -0.3 is 20.5 Å². The maximum atomic E-state index is 12.9. The van der Waals surface area contributed by atoms with Crippen molar-refractivity contribution in [3.8, 4) is 0 Å². The predicted molar refractivity (Wildman–Crippen MR) is 131 cm³/mol. The Morgan fingerprint density at radius 3 is 2.53 bits per heavy atom. The normalized spacial score (nSPS) is 18.4. The SMILES string of the molecule is CN(C)Cc1cnc(C(=O)N[C@H]2CCCC[C@H]2NC(=O)c2cc3cc(Cl)ccc3[nH]2)s1.Cl. The van der Waals surface area contributed by atoms with Gasteiger partial charge in [0.15, 0.2) is 5.01 Å². The Labute approximate surface area is 202 Å². The monoisotopic (exact) mass is 495 g/mol. The van der Waals surface area contributed by atoms with E-state index in [4.69, 9.17) is 11.6 Å². The van der Waals surface area contributed by atoms with Crippen LogP contribution in [0.15, 0.2) is 30.5 Å². The van der Waals surface area contributed by atoms with Crippen LogP contribution in [0.25, 0.3) is 10.9 Å². The van der Waals surface area contributed by atoms with Crippen molar-refractivity contribution in [2.24, 2.45) is 0 Å². The van der Waals surface area contributed by atoms with Crippen molar-refractivity contribution in [1.82, 2.24) is 25.5 Å². The summed E-state index contributed by atoms with van der Waals surface area (Å²) < 4.78 is 0. The fourth-order valence-corrected chi connectivity index (χ4v) is 5.09. The number of amides is 2. The molecule has 0 bridgehead atoms. The maximum Gasteiger partial charge on any atom is 0.280 e. The van der Waals surface area contributed by atoms with Crippen LogP contribution in [-0.4, -0.2) is 52.9 Å². The van der Waals surface area contributed by atoms with E-state index in [1.807, 2.05) is 31.1 Å². The summed E-state index contributed by atoms with van der Waals surface area (Å²) in [6.45, 7) is 0.753. The second kappa shape index (κ2) is 10.7. The molecule has 172 valence electrons. The highest BCUT2D eigenvalue weighted by Gasteiger charge is 2.29. The average molecular weight is 496 g/mol. The van der Waals surface area contributed by atoms with Gasteiger partial charge in [0.05, 0.1) is 0 Å². The average Bonchev–Trinajstić information content (AvgIpc) is 3.35. The van der Waals surface area contributed by atoms with E-state index in [0.29, 0.717) is 15.7 Å². The number of aromatic amines is 1. The fraction of sp³-hybridized carbons (Fsp3) is 0.409. The molecule has 0 unspecified atom stereocenters. The molecule has 32 heavy (non-hydrogen) atoms. The largest absolute Gasteiger partial charge is 0.351 e. The van der Waals surface area contributed by atoms with Crippen molar-refractivity contribution in [2.75, 3.05) is 14.1 Å². The number of thiazole rings is 1. The maximum absolute atomic E-state index is 12.9. The third-order valence-corrected chi connectivity index (χ3v) is 6.66. The Morgan fingerprint density at radius 2 is 1.84 bits per heavy atom. The summed E-state index contributed by atoms with van der Waals surface area (Å²) in [6.07, 6.45) is 5.44. The molecule has 1 aliphatic rings. The number of benzene rings is 1. The van der Waals surface area contributed by atoms with Gasteiger partial charge in [-0.15, -0.1) is 23.7 Å². The lowest BCUT2D eigenvalue weighted by Gasteiger charge is -2.32. The summed E-state index contributed by atoms with van der Waals surface area (Å²) in [5, 5.41) is 8.18. The number of carbonyl (C=O) groups excluding carboxylic acids is 2. The molecule has 1 aromatic carbocycles. The van der Waals surface area contributed by atoms with Crippen LogP contribution >= 0.6 is 35.3 Å². The summed E-state index contributed by atoms with van der Waals surface area (Å²) >= 11 is 7.45. The number of fused-ring (bicyclic) bond motifs is 1. The highest BCUT2D eigenvalue weighted by atomic mass is 35.5. The minimum atomic E-state index is -0.180. The minimum absolute atomic E-state index is 0. The zero-order valence-electron chi connectivity index (χ0n) is 18.0. The lowest BCUT2D eigenvalue weighted by Crippen LogP contribution is -2.53. The number of H-pyrrole nitrogens is 1. The Kier molecular flexibility index (Phi) is 8.16. The van der Waals surface area contributed by atoms with Gasteiger partial charge in [0.2, 0.25) is 0 Å². The van der Waals surface area contributed by atoms with Gasteiger partial charge >= 0.3 is 0 Å². The number of hydrogen-bond acceptors (Lipinski definition) is 5. The fourth-order valence-electron chi connectivity index (χ4n) is 3.98. The van der Waals surface area contributed by atoms with Gasteiger partial charge in [0, 0.05) is 45.6 Å². The lowest BCUT2D eigenvalue weighted by molar-refractivity contribution is 0.0860. The van der Waals surface area contributed by atoms with E-state index in [9.17, 15) is 9.59 Å². The first kappa shape index (κ1) is 24.5. The van der Waals surface area contributed by atoms with Gasteiger partial charge in [-0.3, -0.25) is 9.59 Å². The van der Waals surface area contributed by atoms with Gasteiger partial charge in [-0.05, 0) is 51.2 Å². The summed E-state index contributed by atoms with van der Waals surface area (Å²) in [7, 11) is 3.97. The van der Waals surface area contributed by atoms with E-state index >= 15 is 0 Å². The van der Waals surface area contributed by atoms with Crippen LogP contribution < -0.4 is 10.6 Å². The van der Waals surface area contributed by atoms with Crippen molar-refractivity contribution in [3.63, 3.8) is 0 Å². The van der Waals surface area contributed by atoms with Crippen molar-refractivity contribution >= 4 is 58.1 Å². The molecule has 3 aromatic rings. The van der Waals surface area contributed by atoms with E-state index < -0.39 is 0 Å². The third-order valence-electron chi connectivity index (χ3n) is 5.45. The number of aromatic nitrogens is 2. The lowest BCUT2D eigenvalue weighted by atomic mass is 9.90. The molecule has 1 saturated carbocycles. The molecule has 0 aliphatic heterocycles. The molecule has 2 heterocycles. The highest BCUT2D eigenvalue weighted by Crippen LogP contribution is 2.23. The Balaban J connectivity index is 0.00000289. The van der Waals surface area contributed by atoms with E-state index in [2.05, 4.69) is 20.6 Å². The smallest absolute Gasteiger partial charge is 0.280 e. The molecular formula is C22H27Cl2N5O2S. The molecule has 1 aliphatic carbocycles. The van der Waals surface area contributed by atoms with Crippen LogP contribution in [-0.2, 0) is 6.54 Å². The van der Waals surface area contributed by atoms with Crippen molar-refractivity contribution in [1.29, 1.82) is 0 Å². The van der Waals surface area contributed by atoms with Gasteiger partial charge in [-0.1, -0.05) is 24.4 Å². The number of rotatable bonds is 6. The zero-order valence-corrected chi connectivity index (χ0v) is 20.4. The first-order valence-electron chi connectivity index (χ1n) is 10.4. The third kappa shape index (κ3) is 5.81. The van der Waals surface area contributed by atoms with Crippen LogP contribution in [0, 0.1) is 0 Å². The molecule has 0 saturated heterocycles. The van der Waals surface area contributed by atoms with Crippen molar-refractivity contribution in [2.45, 2.75) is 44.3 Å². The van der Waals surface area contributed by atoms with Crippen LogP contribution in [0.5, 0.6) is 0 Å². The van der Waals surface area contributed by atoms with Crippen LogP contribution in [0.1, 0.15) is 50.9 Å². The molecule has 4 rings (SSSR count). The van der Waals surface area contributed by atoms with Crippen LogP contribution in [0.3, 0.4) is 0 Å². The molecule has 7 nitrogen and oxygen atoms in total. The van der Waals surface area contributed by atoms with Crippen molar-refractivity contribution in [3.05, 3.63) is 51.1 Å². The molecule has 2 atom stereocenters.